The van der Waals surface area contributed by atoms with E-state index in [0.29, 0.717) is 31.5 Å². The Kier molecular flexibility index (Phi) is 7.78. The Morgan fingerprint density at radius 2 is 1.83 bits per heavy atom. The lowest BCUT2D eigenvalue weighted by Gasteiger charge is -2.26. The molecular weight excluding hydrogens is 584 g/mol. The molecule has 2 atom stereocenters. The summed E-state index contributed by atoms with van der Waals surface area (Å²) in [5.41, 5.74) is 1.34. The highest BCUT2D eigenvalue weighted by molar-refractivity contribution is 6.31. The van der Waals surface area contributed by atoms with Crippen molar-refractivity contribution in [2.24, 2.45) is 0 Å². The zero-order valence-corrected chi connectivity index (χ0v) is 23.9. The highest BCUT2D eigenvalue weighted by atomic mass is 35.5. The van der Waals surface area contributed by atoms with E-state index in [1.54, 1.807) is 17.0 Å². The van der Waals surface area contributed by atoms with Crippen molar-refractivity contribution in [2.45, 2.75) is 50.6 Å². The number of benzene rings is 2. The van der Waals surface area contributed by atoms with E-state index in [2.05, 4.69) is 20.6 Å². The number of hydrogen-bond acceptors (Lipinski definition) is 6. The van der Waals surface area contributed by atoms with Crippen molar-refractivity contribution in [3.63, 3.8) is 0 Å². The van der Waals surface area contributed by atoms with E-state index >= 15 is 4.39 Å². The van der Waals surface area contributed by atoms with Gasteiger partial charge in [-0.2, -0.15) is 0 Å². The molecule has 2 amide bonds. The molecule has 0 radical (unpaired) electrons. The smallest absolute Gasteiger partial charge is 0.254 e. The molecule has 2 aromatic heterocycles. The minimum atomic E-state index is -0.756. The number of hydrogen-bond donors (Lipinski definition) is 1. The first-order chi connectivity index (χ1) is 20.3. The molecule has 1 N–H and O–H groups in total. The van der Waals surface area contributed by atoms with Gasteiger partial charge in [0.1, 0.15) is 6.04 Å². The van der Waals surface area contributed by atoms with Crippen molar-refractivity contribution in [3.8, 4) is 16.9 Å². The van der Waals surface area contributed by atoms with Gasteiger partial charge in [-0.05, 0) is 49.1 Å². The summed E-state index contributed by atoms with van der Waals surface area (Å²) in [5, 5.41) is 10.6. The maximum atomic E-state index is 15.4. The maximum absolute atomic E-state index is 15.4. The van der Waals surface area contributed by atoms with E-state index < -0.39 is 23.5 Å². The van der Waals surface area contributed by atoms with Crippen molar-refractivity contribution < 1.29 is 14.0 Å². The fourth-order valence-corrected chi connectivity index (χ4v) is 5.97. The zero-order valence-electron chi connectivity index (χ0n) is 22.3. The molecule has 10 nitrogen and oxygen atoms in total. The molecule has 13 heteroatoms. The lowest BCUT2D eigenvalue weighted by Crippen LogP contribution is -2.45. The second-order valence-electron chi connectivity index (χ2n) is 10.3. The number of nitrogens with one attached hydrogen (secondary N) is 1. The van der Waals surface area contributed by atoms with Crippen molar-refractivity contribution in [3.05, 3.63) is 86.9 Å². The van der Waals surface area contributed by atoms with E-state index in [1.807, 2.05) is 18.2 Å². The molecule has 1 saturated heterocycles. The molecule has 1 unspecified atom stereocenters. The van der Waals surface area contributed by atoms with E-state index in [0.717, 1.165) is 24.8 Å². The van der Waals surface area contributed by atoms with Gasteiger partial charge in [0.2, 0.25) is 11.8 Å². The minimum Gasteiger partial charge on any atom is -0.354 e. The summed E-state index contributed by atoms with van der Waals surface area (Å²) in [5.74, 6) is -1.03. The number of carbonyl (C=O) groups is 2. The van der Waals surface area contributed by atoms with Crippen molar-refractivity contribution in [1.29, 1.82) is 0 Å². The van der Waals surface area contributed by atoms with Crippen LogP contribution in [0.25, 0.3) is 16.9 Å². The third kappa shape index (κ3) is 5.30. The first kappa shape index (κ1) is 28.0. The predicted molar refractivity (Wildman–Crippen MR) is 155 cm³/mol. The number of carbonyl (C=O) groups excluding carboxylic acids is 2. The van der Waals surface area contributed by atoms with Crippen molar-refractivity contribution >= 4 is 40.7 Å². The number of fused-ring (bicyclic) bond motifs is 4. The third-order valence-electron chi connectivity index (χ3n) is 7.71. The molecule has 2 aliphatic rings. The molecule has 0 aliphatic carbocycles. The number of halogens is 3. The lowest BCUT2D eigenvalue weighted by atomic mass is 9.99. The van der Waals surface area contributed by atoms with Gasteiger partial charge in [-0.15, -0.1) is 5.10 Å². The van der Waals surface area contributed by atoms with Crippen LogP contribution in [0.3, 0.4) is 0 Å². The minimum absolute atomic E-state index is 0.0130. The summed E-state index contributed by atoms with van der Waals surface area (Å²) < 4.78 is 18.2. The Hall–Kier alpha value is -4.09. The highest BCUT2D eigenvalue weighted by Crippen LogP contribution is 2.34. The monoisotopic (exact) mass is 609 g/mol. The summed E-state index contributed by atoms with van der Waals surface area (Å²) in [6.45, 7) is 0.514. The Morgan fingerprint density at radius 1 is 0.976 bits per heavy atom. The molecule has 216 valence electrons. The second-order valence-corrected chi connectivity index (χ2v) is 11.1. The van der Waals surface area contributed by atoms with Crippen LogP contribution in [0.4, 0.5) is 10.1 Å². The first-order valence-corrected chi connectivity index (χ1v) is 14.4. The third-order valence-corrected chi connectivity index (χ3v) is 8.18. The van der Waals surface area contributed by atoms with Gasteiger partial charge in [0.15, 0.2) is 11.0 Å². The van der Waals surface area contributed by atoms with E-state index in [1.165, 1.54) is 33.9 Å². The van der Waals surface area contributed by atoms with Gasteiger partial charge in [-0.25, -0.2) is 14.1 Å². The molecule has 0 saturated carbocycles. The van der Waals surface area contributed by atoms with Crippen LogP contribution in [0.1, 0.15) is 50.1 Å². The van der Waals surface area contributed by atoms with Gasteiger partial charge < -0.3 is 5.32 Å². The van der Waals surface area contributed by atoms with Gasteiger partial charge >= 0.3 is 0 Å². The zero-order chi connectivity index (χ0) is 29.4. The average molecular weight is 610 g/mol. The van der Waals surface area contributed by atoms with E-state index in [9.17, 15) is 14.4 Å². The normalized spacial score (nSPS) is 19.5. The standard InChI is InChI=1S/C29H26Cl2FN7O3/c30-19-8-9-22(38-15-24(31)35-36-38)27(28(19)32)20-14-26(41)37(16-34-20)21-7-2-1-3-12-33-29(42)23-10-11-25(40)39(23)18-6-4-5-17(21)13-18/h4-6,8-9,13-16,21,23H,1-3,7,10-12H2,(H,33,42)/t21?,23-/m1/s1. The van der Waals surface area contributed by atoms with Crippen molar-refractivity contribution in [2.75, 3.05) is 11.4 Å². The van der Waals surface area contributed by atoms with Crippen LogP contribution in [0.5, 0.6) is 0 Å². The SMILES string of the molecule is O=C1NCCCCCC(n2cnc(-c3c(-n4cc(Cl)nn4)ccc(Cl)c3F)cc2=O)c2cccc(c2)N2C(=O)CC[C@H]12. The van der Waals surface area contributed by atoms with Crippen LogP contribution in [0.2, 0.25) is 10.2 Å². The molecule has 42 heavy (non-hydrogen) atoms. The molecule has 1 fully saturated rings. The molecule has 0 spiro atoms. The average Bonchev–Trinajstić information content (AvgIpc) is 3.59. The van der Waals surface area contributed by atoms with Crippen LogP contribution >= 0.6 is 23.2 Å². The fraction of sp³-hybridized carbons (Fsp3) is 0.310. The number of amides is 2. The van der Waals surface area contributed by atoms with E-state index in [4.69, 9.17) is 23.2 Å². The van der Waals surface area contributed by atoms with Gasteiger partial charge in [-0.3, -0.25) is 23.9 Å². The molecule has 2 bridgehead atoms. The largest absolute Gasteiger partial charge is 0.354 e. The van der Waals surface area contributed by atoms with Crippen LogP contribution in [-0.2, 0) is 9.59 Å². The van der Waals surface area contributed by atoms with Crippen LogP contribution in [0, 0.1) is 5.82 Å². The molecule has 2 aliphatic heterocycles. The maximum Gasteiger partial charge on any atom is 0.254 e. The summed E-state index contributed by atoms with van der Waals surface area (Å²) in [6, 6.07) is 10.6. The Balaban J connectivity index is 1.42. The predicted octanol–water partition coefficient (Wildman–Crippen LogP) is 4.71. The highest BCUT2D eigenvalue weighted by Gasteiger charge is 2.37. The molecule has 4 aromatic rings. The number of aromatic nitrogens is 5. The summed E-state index contributed by atoms with van der Waals surface area (Å²) in [4.78, 5) is 45.4. The Bertz CT molecular complexity index is 1740. The van der Waals surface area contributed by atoms with Gasteiger partial charge in [0.25, 0.3) is 5.56 Å². The molecular formula is C29H26Cl2FN7O3. The van der Waals surface area contributed by atoms with Gasteiger partial charge in [0.05, 0.1) is 40.5 Å². The van der Waals surface area contributed by atoms with Crippen LogP contribution in [-0.4, -0.2) is 48.9 Å². The molecule has 4 heterocycles. The summed E-state index contributed by atoms with van der Waals surface area (Å²) in [7, 11) is 0. The number of nitrogens with zero attached hydrogens (tertiary/aromatic N) is 6. The van der Waals surface area contributed by atoms with Gasteiger partial charge in [-0.1, -0.05) is 53.4 Å². The fourth-order valence-electron chi connectivity index (χ4n) is 5.69. The Labute approximate surface area is 250 Å². The number of anilines is 1. The van der Waals surface area contributed by atoms with Crippen LogP contribution in [0.15, 0.2) is 59.8 Å². The topological polar surface area (TPSA) is 115 Å². The second kappa shape index (κ2) is 11.7. The van der Waals surface area contributed by atoms with Gasteiger partial charge in [0, 0.05) is 24.7 Å². The van der Waals surface area contributed by atoms with Crippen LogP contribution < -0.4 is 15.8 Å². The first-order valence-electron chi connectivity index (χ1n) is 13.7. The quantitative estimate of drug-likeness (QED) is 0.360. The van der Waals surface area contributed by atoms with Crippen molar-refractivity contribution in [1.82, 2.24) is 29.9 Å². The Morgan fingerprint density at radius 3 is 2.62 bits per heavy atom. The molecule has 6 rings (SSSR count). The summed E-state index contributed by atoms with van der Waals surface area (Å²) in [6.07, 6.45) is 6.56. The molecule has 2 aromatic carbocycles. The van der Waals surface area contributed by atoms with E-state index in [-0.39, 0.29) is 38.9 Å². The summed E-state index contributed by atoms with van der Waals surface area (Å²) >= 11 is 12.0. The lowest BCUT2D eigenvalue weighted by molar-refractivity contribution is -0.123. The number of rotatable bonds is 3.